The Labute approximate surface area is 271 Å². The molecule has 47 heavy (non-hydrogen) atoms. The third-order valence-corrected chi connectivity index (χ3v) is 10.8. The number of carbonyl (C=O) groups excluding carboxylic acids is 6. The number of carbonyl (C=O) groups is 6. The number of methoxy groups -OCH3 is 1. The van der Waals surface area contributed by atoms with Crippen molar-refractivity contribution < 1.29 is 62.7 Å². The van der Waals surface area contributed by atoms with E-state index in [1.807, 2.05) is 0 Å². The van der Waals surface area contributed by atoms with Crippen LogP contribution in [0.4, 0.5) is 0 Å². The van der Waals surface area contributed by atoms with Gasteiger partial charge in [-0.25, -0.2) is 19.2 Å². The van der Waals surface area contributed by atoms with Crippen molar-refractivity contribution in [3.63, 3.8) is 0 Å². The maximum atomic E-state index is 13.8. The molecule has 4 fully saturated rings. The summed E-state index contributed by atoms with van der Waals surface area (Å²) in [5, 5.41) is 26.1. The number of aliphatic hydroxyl groups excluding tert-OH is 2. The molecule has 2 saturated heterocycles. The third-order valence-electron chi connectivity index (χ3n) is 10.8. The van der Waals surface area contributed by atoms with Crippen molar-refractivity contribution in [1.29, 1.82) is 0 Å². The van der Waals surface area contributed by atoms with Crippen molar-refractivity contribution in [3.05, 3.63) is 23.0 Å². The Morgan fingerprint density at radius 2 is 1.79 bits per heavy atom. The third kappa shape index (κ3) is 4.92. The Hall–Kier alpha value is -3.66. The minimum Gasteiger partial charge on any atom is -0.467 e. The lowest BCUT2D eigenvalue weighted by Crippen LogP contribution is -2.79. The second kappa shape index (κ2) is 11.8. The SMILES string of the molecule is COC(=O)[C@@]12OC[C@]34C([C@@H](O)[C@@H]1O)[C@@]1(C)CC(=O)C(OC(=O)[C@H](C)NC(=O)[C@H](C)N)=C(C)[C@@H]1C[C@H]3OC(=O)[C@H](OC(=O)C=C(C)C)[C@@H]24. The quantitative estimate of drug-likeness (QED) is 0.151. The molecule has 2 aliphatic heterocycles. The van der Waals surface area contributed by atoms with E-state index in [0.717, 1.165) is 13.2 Å². The van der Waals surface area contributed by atoms with E-state index in [9.17, 15) is 39.0 Å². The number of ether oxygens (including phenoxy) is 5. The predicted molar refractivity (Wildman–Crippen MR) is 157 cm³/mol. The zero-order chi connectivity index (χ0) is 35.0. The fourth-order valence-corrected chi connectivity index (χ4v) is 8.97. The van der Waals surface area contributed by atoms with Crippen LogP contribution < -0.4 is 11.1 Å². The van der Waals surface area contributed by atoms with E-state index in [4.69, 9.17) is 29.4 Å². The zero-order valence-electron chi connectivity index (χ0n) is 27.4. The summed E-state index contributed by atoms with van der Waals surface area (Å²) in [5.41, 5.74) is 1.62. The molecule has 2 bridgehead atoms. The van der Waals surface area contributed by atoms with E-state index in [2.05, 4.69) is 5.32 Å². The predicted octanol–water partition coefficient (Wildman–Crippen LogP) is -0.646. The molecule has 15 nitrogen and oxygen atoms in total. The molecule has 2 saturated carbocycles. The van der Waals surface area contributed by atoms with Crippen LogP contribution in [0.15, 0.2) is 23.0 Å². The number of nitrogens with one attached hydrogen (secondary N) is 1. The van der Waals surface area contributed by atoms with E-state index in [0.29, 0.717) is 11.1 Å². The number of rotatable bonds is 7. The normalized spacial score (nSPS) is 39.7. The second-order valence-electron chi connectivity index (χ2n) is 13.9. The molecule has 258 valence electrons. The number of aliphatic hydroxyl groups is 2. The lowest BCUT2D eigenvalue weighted by atomic mass is 9.38. The van der Waals surface area contributed by atoms with Gasteiger partial charge in [-0.05, 0) is 57.9 Å². The topological polar surface area (TPSA) is 227 Å². The molecule has 0 aromatic rings. The van der Waals surface area contributed by atoms with Crippen molar-refractivity contribution in [2.75, 3.05) is 13.7 Å². The first-order valence-electron chi connectivity index (χ1n) is 15.5. The molecule has 0 aromatic carbocycles. The van der Waals surface area contributed by atoms with Crippen LogP contribution in [0.2, 0.25) is 0 Å². The van der Waals surface area contributed by atoms with Gasteiger partial charge in [0.1, 0.15) is 18.2 Å². The number of hydrogen-bond donors (Lipinski definition) is 4. The Kier molecular flexibility index (Phi) is 8.70. The number of amides is 1. The monoisotopic (exact) mass is 662 g/mol. The van der Waals surface area contributed by atoms with Gasteiger partial charge in [-0.1, -0.05) is 12.5 Å². The molecule has 0 radical (unpaired) electrons. The molecular weight excluding hydrogens is 620 g/mol. The van der Waals surface area contributed by atoms with Crippen LogP contribution in [0.1, 0.15) is 54.4 Å². The lowest BCUT2D eigenvalue weighted by Gasteiger charge is -2.67. The number of ketones is 1. The van der Waals surface area contributed by atoms with E-state index in [-0.39, 0.29) is 25.2 Å². The van der Waals surface area contributed by atoms with Gasteiger partial charge in [0, 0.05) is 23.8 Å². The molecule has 1 spiro atoms. The van der Waals surface area contributed by atoms with Crippen LogP contribution in [-0.2, 0) is 52.5 Å². The maximum Gasteiger partial charge on any atom is 0.348 e. The van der Waals surface area contributed by atoms with Crippen LogP contribution >= 0.6 is 0 Å². The molecule has 5 N–H and O–H groups in total. The van der Waals surface area contributed by atoms with Gasteiger partial charge in [-0.15, -0.1) is 0 Å². The minimum absolute atomic E-state index is 0.0600. The fraction of sp³-hybridized carbons (Fsp3) is 0.688. The summed E-state index contributed by atoms with van der Waals surface area (Å²) in [6.45, 7) is 9.17. The summed E-state index contributed by atoms with van der Waals surface area (Å²) < 4.78 is 28.3. The molecule has 15 heteroatoms. The maximum absolute atomic E-state index is 13.8. The Bertz CT molecular complexity index is 1480. The van der Waals surface area contributed by atoms with Gasteiger partial charge in [-0.3, -0.25) is 9.59 Å². The molecule has 2 heterocycles. The zero-order valence-corrected chi connectivity index (χ0v) is 27.4. The van der Waals surface area contributed by atoms with Gasteiger partial charge < -0.3 is 44.9 Å². The number of Topliss-reactive ketones (excluding diaryl/α,β-unsaturated/α-hetero) is 1. The van der Waals surface area contributed by atoms with Crippen LogP contribution in [0.5, 0.6) is 0 Å². The summed E-state index contributed by atoms with van der Waals surface area (Å²) >= 11 is 0. The van der Waals surface area contributed by atoms with Crippen molar-refractivity contribution in [3.8, 4) is 0 Å². The minimum atomic E-state index is -2.30. The molecule has 5 aliphatic rings. The second-order valence-corrected chi connectivity index (χ2v) is 13.9. The Morgan fingerprint density at radius 3 is 2.38 bits per heavy atom. The average molecular weight is 663 g/mol. The van der Waals surface area contributed by atoms with E-state index >= 15 is 0 Å². The Morgan fingerprint density at radius 1 is 1.13 bits per heavy atom. The largest absolute Gasteiger partial charge is 0.467 e. The van der Waals surface area contributed by atoms with E-state index in [1.54, 1.807) is 27.7 Å². The van der Waals surface area contributed by atoms with Crippen molar-refractivity contribution in [2.24, 2.45) is 34.3 Å². The summed E-state index contributed by atoms with van der Waals surface area (Å²) in [6, 6.07) is -2.02. The lowest BCUT2D eigenvalue weighted by molar-refractivity contribution is -0.290. The van der Waals surface area contributed by atoms with Crippen molar-refractivity contribution in [1.82, 2.24) is 5.32 Å². The summed E-state index contributed by atoms with van der Waals surface area (Å²) in [7, 11) is 1.07. The van der Waals surface area contributed by atoms with Gasteiger partial charge in [0.2, 0.25) is 17.6 Å². The van der Waals surface area contributed by atoms with Crippen LogP contribution in [0, 0.1) is 28.6 Å². The fourth-order valence-electron chi connectivity index (χ4n) is 8.97. The molecule has 1 amide bonds. The smallest absolute Gasteiger partial charge is 0.348 e. The highest BCUT2D eigenvalue weighted by Gasteiger charge is 2.85. The van der Waals surface area contributed by atoms with Crippen molar-refractivity contribution >= 4 is 35.6 Å². The van der Waals surface area contributed by atoms with E-state index < -0.39 is 106 Å². The van der Waals surface area contributed by atoms with Gasteiger partial charge in [0.15, 0.2) is 11.5 Å². The molecule has 12 atom stereocenters. The van der Waals surface area contributed by atoms with Gasteiger partial charge in [0.25, 0.3) is 0 Å². The highest BCUT2D eigenvalue weighted by Crippen LogP contribution is 2.72. The van der Waals surface area contributed by atoms with Gasteiger partial charge in [0.05, 0.1) is 31.8 Å². The summed E-state index contributed by atoms with van der Waals surface area (Å²) in [6.07, 6.45) is -5.46. The van der Waals surface area contributed by atoms with Crippen LogP contribution in [-0.4, -0.2) is 102 Å². The first-order chi connectivity index (χ1) is 21.9. The van der Waals surface area contributed by atoms with Crippen LogP contribution in [0.25, 0.3) is 0 Å². The summed E-state index contributed by atoms with van der Waals surface area (Å²) in [5.74, 6) is -8.26. The molecular formula is C32H42N2O13. The summed E-state index contributed by atoms with van der Waals surface area (Å²) in [4.78, 5) is 78.8. The first-order valence-corrected chi connectivity index (χ1v) is 15.5. The number of nitrogens with two attached hydrogens (primary N) is 1. The van der Waals surface area contributed by atoms with Gasteiger partial charge in [-0.2, -0.15) is 0 Å². The molecule has 0 aromatic heterocycles. The highest BCUT2D eigenvalue weighted by atomic mass is 16.6. The highest BCUT2D eigenvalue weighted by molar-refractivity contribution is 5.99. The van der Waals surface area contributed by atoms with Gasteiger partial charge >= 0.3 is 23.9 Å². The number of allylic oxidation sites excluding steroid dienone is 3. The molecule has 1 unspecified atom stereocenters. The van der Waals surface area contributed by atoms with E-state index in [1.165, 1.54) is 13.8 Å². The molecule has 3 aliphatic carbocycles. The number of hydrogen-bond acceptors (Lipinski definition) is 14. The average Bonchev–Trinajstić information content (AvgIpc) is 3.29. The Balaban J connectivity index is 1.60. The first kappa shape index (κ1) is 34.7. The number of fused-ring (bicyclic) bond motifs is 2. The van der Waals surface area contributed by atoms with Crippen LogP contribution in [0.3, 0.4) is 0 Å². The standard InChI is InChI=1S/C32H42N2O13/c1-12(2)8-19(36)46-22-24-31-11-44-32(24,29(42)43-7)25(38)20(37)23(31)30(6)10-17(35)21(13(3)16(30)9-18(31)45-28(22)41)47-27(40)15(5)34-26(39)14(4)33/h8,14-16,18,20,22-25,37-38H,9-11,33H2,1-7H3,(H,34,39)/t14-,15-,16-,18+,20+,22+,23?,24+,25-,30-,31+,32-/m0/s1. The number of esters is 4. The molecule has 5 rings (SSSR count). The van der Waals surface area contributed by atoms with Crippen molar-refractivity contribution in [2.45, 2.75) is 96.5 Å².